The fourth-order valence-electron chi connectivity index (χ4n) is 5.19. The van der Waals surface area contributed by atoms with Crippen molar-refractivity contribution in [1.82, 2.24) is 10.2 Å². The Bertz CT molecular complexity index is 906. The summed E-state index contributed by atoms with van der Waals surface area (Å²) in [7, 11) is 0. The number of hydrogen-bond acceptors (Lipinski definition) is 3. The van der Waals surface area contributed by atoms with E-state index < -0.39 is 24.0 Å². The van der Waals surface area contributed by atoms with Gasteiger partial charge in [0.1, 0.15) is 12.0 Å². The number of carbonyl (C=O) groups is 1. The third kappa shape index (κ3) is 4.55. The van der Waals surface area contributed by atoms with E-state index in [1.54, 1.807) is 0 Å². The largest absolute Gasteiger partial charge is 0.405 e. The van der Waals surface area contributed by atoms with Crippen molar-refractivity contribution in [2.24, 2.45) is 5.73 Å². The fraction of sp³-hybridized carbons (Fsp3) is 0.480. The molecule has 3 N–H and O–H groups in total. The molecule has 4 rings (SSSR count). The number of nitrogens with zero attached hydrogens (tertiary/aromatic N) is 1. The molecule has 0 spiro atoms. The SMILES string of the molecule is NC1CCN(CCCCC2(C(=O)NCC(F)(F)F)c3ccccc3-c3ccccc32)CC1. The van der Waals surface area contributed by atoms with Crippen LogP contribution in [0.4, 0.5) is 13.2 Å². The highest BCUT2D eigenvalue weighted by Crippen LogP contribution is 2.51. The normalized spacial score (nSPS) is 18.2. The molecule has 1 heterocycles. The van der Waals surface area contributed by atoms with Crippen LogP contribution >= 0.6 is 0 Å². The number of nitrogens with two attached hydrogens (primary N) is 1. The van der Waals surface area contributed by atoms with Gasteiger partial charge < -0.3 is 16.0 Å². The number of halogens is 3. The van der Waals surface area contributed by atoms with Gasteiger partial charge in [-0.1, -0.05) is 55.0 Å². The highest BCUT2D eigenvalue weighted by atomic mass is 19.4. The minimum atomic E-state index is -4.45. The summed E-state index contributed by atoms with van der Waals surface area (Å²) in [6, 6.07) is 15.5. The molecule has 2 aromatic rings. The molecule has 7 heteroatoms. The number of benzene rings is 2. The molecule has 172 valence electrons. The second-order valence-electron chi connectivity index (χ2n) is 8.93. The van der Waals surface area contributed by atoms with Crippen molar-refractivity contribution in [2.75, 3.05) is 26.2 Å². The number of fused-ring (bicyclic) bond motifs is 3. The molecule has 0 unspecified atom stereocenters. The van der Waals surface area contributed by atoms with Gasteiger partial charge in [-0.15, -0.1) is 0 Å². The van der Waals surface area contributed by atoms with Crippen LogP contribution in [0, 0.1) is 0 Å². The standard InChI is InChI=1S/C25H30F3N3O/c26-25(27,28)17-30-23(32)24(13-5-6-14-31-15-11-18(29)12-16-31)21-9-3-1-7-19(21)20-8-2-4-10-22(20)24/h1-4,7-10,18H,5-6,11-17,29H2,(H,30,32). The average Bonchev–Trinajstić information content (AvgIpc) is 3.07. The topological polar surface area (TPSA) is 58.4 Å². The third-order valence-electron chi connectivity index (χ3n) is 6.81. The average molecular weight is 446 g/mol. The molecule has 0 saturated carbocycles. The van der Waals surface area contributed by atoms with E-state index in [0.29, 0.717) is 6.42 Å². The summed E-state index contributed by atoms with van der Waals surface area (Å²) in [5.41, 5.74) is 8.32. The number of rotatable bonds is 7. The van der Waals surface area contributed by atoms with Crippen molar-refractivity contribution in [3.63, 3.8) is 0 Å². The second kappa shape index (κ2) is 9.24. The highest BCUT2D eigenvalue weighted by molar-refractivity contribution is 6.00. The van der Waals surface area contributed by atoms with Crippen LogP contribution in [0.1, 0.15) is 43.2 Å². The molecule has 1 amide bonds. The van der Waals surface area contributed by atoms with Crippen LogP contribution in [-0.2, 0) is 10.2 Å². The second-order valence-corrected chi connectivity index (χ2v) is 8.93. The summed E-state index contributed by atoms with van der Waals surface area (Å²) < 4.78 is 38.8. The van der Waals surface area contributed by atoms with Gasteiger partial charge in [0.25, 0.3) is 0 Å². The zero-order valence-electron chi connectivity index (χ0n) is 18.1. The molecule has 0 bridgehead atoms. The van der Waals surface area contributed by atoms with E-state index in [4.69, 9.17) is 5.73 Å². The highest BCUT2D eigenvalue weighted by Gasteiger charge is 2.49. The molecule has 1 saturated heterocycles. The predicted molar refractivity (Wildman–Crippen MR) is 119 cm³/mol. The molecule has 0 radical (unpaired) electrons. The monoisotopic (exact) mass is 445 g/mol. The maximum Gasteiger partial charge on any atom is 0.405 e. The lowest BCUT2D eigenvalue weighted by atomic mass is 9.73. The number of alkyl halides is 3. The van der Waals surface area contributed by atoms with Crippen LogP contribution in [0.15, 0.2) is 48.5 Å². The van der Waals surface area contributed by atoms with Crippen LogP contribution in [0.3, 0.4) is 0 Å². The first-order chi connectivity index (χ1) is 15.3. The Labute approximate surface area is 187 Å². The Hall–Kier alpha value is -2.38. The van der Waals surface area contributed by atoms with Gasteiger partial charge in [0.2, 0.25) is 5.91 Å². The van der Waals surface area contributed by atoms with E-state index in [9.17, 15) is 18.0 Å². The zero-order valence-corrected chi connectivity index (χ0v) is 18.1. The number of nitrogens with one attached hydrogen (secondary N) is 1. The Balaban J connectivity index is 1.58. The molecule has 2 aromatic carbocycles. The zero-order chi connectivity index (χ0) is 22.8. The van der Waals surface area contributed by atoms with Gasteiger partial charge >= 0.3 is 6.18 Å². The molecule has 32 heavy (non-hydrogen) atoms. The van der Waals surface area contributed by atoms with Gasteiger partial charge in [0, 0.05) is 6.04 Å². The molecule has 4 nitrogen and oxygen atoms in total. The number of likely N-dealkylation sites (tertiary alicyclic amines) is 1. The molecule has 0 atom stereocenters. The van der Waals surface area contributed by atoms with E-state index in [1.807, 2.05) is 48.5 Å². The first-order valence-electron chi connectivity index (χ1n) is 11.3. The van der Waals surface area contributed by atoms with Crippen molar-refractivity contribution in [1.29, 1.82) is 0 Å². The maximum atomic E-state index is 13.4. The Kier molecular flexibility index (Phi) is 6.58. The summed E-state index contributed by atoms with van der Waals surface area (Å²) >= 11 is 0. The van der Waals surface area contributed by atoms with Crippen LogP contribution in [-0.4, -0.2) is 49.2 Å². The van der Waals surface area contributed by atoms with Crippen LogP contribution in [0.2, 0.25) is 0 Å². The van der Waals surface area contributed by atoms with Crippen LogP contribution in [0.25, 0.3) is 11.1 Å². The Morgan fingerprint density at radius 1 is 1.00 bits per heavy atom. The summed E-state index contributed by atoms with van der Waals surface area (Å²) in [6.07, 6.45) is -0.380. The number of piperidine rings is 1. The van der Waals surface area contributed by atoms with Gasteiger partial charge in [-0.25, -0.2) is 0 Å². The predicted octanol–water partition coefficient (Wildman–Crippen LogP) is 4.23. The molecular formula is C25H30F3N3O. The summed E-state index contributed by atoms with van der Waals surface area (Å²) in [5, 5.41) is 2.19. The summed E-state index contributed by atoms with van der Waals surface area (Å²) in [4.78, 5) is 15.8. The molecule has 1 aliphatic carbocycles. The summed E-state index contributed by atoms with van der Waals surface area (Å²) in [6.45, 7) is 1.54. The van der Waals surface area contributed by atoms with Gasteiger partial charge in [-0.3, -0.25) is 4.79 Å². The van der Waals surface area contributed by atoms with Crippen molar-refractivity contribution in [3.05, 3.63) is 59.7 Å². The van der Waals surface area contributed by atoms with Gasteiger partial charge in [-0.05, 0) is 67.6 Å². The third-order valence-corrected chi connectivity index (χ3v) is 6.81. The smallest absolute Gasteiger partial charge is 0.346 e. The fourth-order valence-corrected chi connectivity index (χ4v) is 5.19. The van der Waals surface area contributed by atoms with Gasteiger partial charge in [0.05, 0.1) is 0 Å². The summed E-state index contributed by atoms with van der Waals surface area (Å²) in [5.74, 6) is -0.573. The lowest BCUT2D eigenvalue weighted by Crippen LogP contribution is -2.47. The van der Waals surface area contributed by atoms with Crippen molar-refractivity contribution in [2.45, 2.75) is 49.7 Å². The molecule has 0 aromatic heterocycles. The molecule has 1 fully saturated rings. The quantitative estimate of drug-likeness (QED) is 0.628. The van der Waals surface area contributed by atoms with Crippen molar-refractivity contribution < 1.29 is 18.0 Å². The van der Waals surface area contributed by atoms with Crippen LogP contribution in [0.5, 0.6) is 0 Å². The lowest BCUT2D eigenvalue weighted by Gasteiger charge is -2.32. The molecule has 2 aliphatic rings. The number of carbonyl (C=O) groups excluding carboxylic acids is 1. The lowest BCUT2D eigenvalue weighted by molar-refractivity contribution is -0.141. The van der Waals surface area contributed by atoms with E-state index in [2.05, 4.69) is 10.2 Å². The van der Waals surface area contributed by atoms with Crippen LogP contribution < -0.4 is 11.1 Å². The first kappa shape index (κ1) is 22.8. The van der Waals surface area contributed by atoms with E-state index in [1.165, 1.54) is 0 Å². The van der Waals surface area contributed by atoms with E-state index in [-0.39, 0.29) is 6.04 Å². The minimum Gasteiger partial charge on any atom is -0.346 e. The van der Waals surface area contributed by atoms with Gasteiger partial charge in [-0.2, -0.15) is 13.2 Å². The van der Waals surface area contributed by atoms with E-state index in [0.717, 1.165) is 67.6 Å². The number of unbranched alkanes of at least 4 members (excludes halogenated alkanes) is 1. The molecule has 1 aliphatic heterocycles. The number of hydrogen-bond donors (Lipinski definition) is 2. The maximum absolute atomic E-state index is 13.4. The van der Waals surface area contributed by atoms with Gasteiger partial charge in [0.15, 0.2) is 0 Å². The minimum absolute atomic E-state index is 0.276. The van der Waals surface area contributed by atoms with E-state index >= 15 is 0 Å². The van der Waals surface area contributed by atoms with Crippen molar-refractivity contribution >= 4 is 5.91 Å². The Morgan fingerprint density at radius 2 is 1.56 bits per heavy atom. The van der Waals surface area contributed by atoms with Crippen molar-refractivity contribution in [3.8, 4) is 11.1 Å². The number of amides is 1. The Morgan fingerprint density at radius 3 is 2.12 bits per heavy atom. The molecular weight excluding hydrogens is 415 g/mol. The first-order valence-corrected chi connectivity index (χ1v) is 11.3.